The number of hydrogen-bond acceptors (Lipinski definition) is 3. The quantitative estimate of drug-likeness (QED) is 0.168. The zero-order valence-corrected chi connectivity index (χ0v) is 24.1. The lowest BCUT2D eigenvalue weighted by atomic mass is 10.2. The molecule has 0 N–H and O–H groups in total. The van der Waals surface area contributed by atoms with Gasteiger partial charge in [0.25, 0.3) is 0 Å². The molecule has 0 saturated heterocycles. The van der Waals surface area contributed by atoms with Crippen molar-refractivity contribution in [1.82, 2.24) is 0 Å². The van der Waals surface area contributed by atoms with E-state index in [4.69, 9.17) is 0 Å². The summed E-state index contributed by atoms with van der Waals surface area (Å²) in [4.78, 5) is 7.85. The Morgan fingerprint density at radius 1 is 0.429 bits per heavy atom. The molecular formula is C32H52N2S. The fourth-order valence-corrected chi connectivity index (χ4v) is 5.35. The molecule has 0 radical (unpaired) electrons. The Labute approximate surface area is 221 Å². The van der Waals surface area contributed by atoms with Gasteiger partial charge in [-0.25, -0.2) is 0 Å². The highest BCUT2D eigenvalue weighted by atomic mass is 32.2. The minimum absolute atomic E-state index is 1.18. The van der Waals surface area contributed by atoms with Crippen LogP contribution in [0.5, 0.6) is 0 Å². The van der Waals surface area contributed by atoms with E-state index in [9.17, 15) is 0 Å². The molecule has 0 aromatic heterocycles. The van der Waals surface area contributed by atoms with Crippen LogP contribution in [0.1, 0.15) is 105 Å². The Kier molecular flexibility index (Phi) is 15.8. The van der Waals surface area contributed by atoms with E-state index in [1.54, 1.807) is 0 Å². The summed E-state index contributed by atoms with van der Waals surface area (Å²) in [6.45, 7) is 13.9. The van der Waals surface area contributed by atoms with Gasteiger partial charge in [0.2, 0.25) is 0 Å². The molecule has 2 rings (SSSR count). The second-order valence-electron chi connectivity index (χ2n) is 9.89. The maximum Gasteiger partial charge on any atom is 0.0366 e. The lowest BCUT2D eigenvalue weighted by Gasteiger charge is -2.25. The topological polar surface area (TPSA) is 6.48 Å². The van der Waals surface area contributed by atoms with Crippen molar-refractivity contribution < 1.29 is 0 Å². The summed E-state index contributed by atoms with van der Waals surface area (Å²) in [6.07, 6.45) is 15.6. The predicted octanol–water partition coefficient (Wildman–Crippen LogP) is 10.2. The van der Waals surface area contributed by atoms with E-state index >= 15 is 0 Å². The van der Waals surface area contributed by atoms with Crippen LogP contribution < -0.4 is 9.80 Å². The number of benzene rings is 2. The van der Waals surface area contributed by atoms with Gasteiger partial charge in [-0.3, -0.25) is 0 Å². The molecule has 0 saturated carbocycles. The van der Waals surface area contributed by atoms with Gasteiger partial charge in [-0.2, -0.15) is 0 Å². The number of rotatable bonds is 20. The fraction of sp³-hybridized carbons (Fsp3) is 0.625. The van der Waals surface area contributed by atoms with Crippen LogP contribution in [0.25, 0.3) is 0 Å². The average molecular weight is 497 g/mol. The van der Waals surface area contributed by atoms with Crippen LogP contribution in [0, 0.1) is 0 Å². The van der Waals surface area contributed by atoms with Gasteiger partial charge in [-0.15, -0.1) is 0 Å². The molecule has 2 aromatic rings. The van der Waals surface area contributed by atoms with Gasteiger partial charge in [0.1, 0.15) is 0 Å². The molecule has 0 fully saturated rings. The first-order valence-electron chi connectivity index (χ1n) is 14.6. The van der Waals surface area contributed by atoms with Crippen molar-refractivity contribution in [2.45, 2.75) is 115 Å². The Morgan fingerprint density at radius 3 is 0.971 bits per heavy atom. The minimum atomic E-state index is 1.18. The van der Waals surface area contributed by atoms with Gasteiger partial charge in [0.15, 0.2) is 0 Å². The van der Waals surface area contributed by atoms with E-state index in [0.29, 0.717) is 0 Å². The third-order valence-corrected chi connectivity index (χ3v) is 7.78. The third kappa shape index (κ3) is 11.8. The molecule has 0 aliphatic carbocycles. The molecule has 0 bridgehead atoms. The van der Waals surface area contributed by atoms with Crippen molar-refractivity contribution in [3.05, 3.63) is 48.5 Å². The third-order valence-electron chi connectivity index (χ3n) is 6.77. The molecule has 0 heterocycles. The molecule has 35 heavy (non-hydrogen) atoms. The standard InChI is InChI=1S/C32H52N2S/c1-5-9-13-25-33(26-14-10-6-2)29-17-21-31(22-18-29)35-32-23-19-30(20-24-32)34(27-15-11-7-3)28-16-12-8-4/h17-24H,5-16,25-28H2,1-4H3. The van der Waals surface area contributed by atoms with E-state index in [1.165, 1.54) is 124 Å². The summed E-state index contributed by atoms with van der Waals surface area (Å²) >= 11 is 1.88. The predicted molar refractivity (Wildman–Crippen MR) is 160 cm³/mol. The summed E-state index contributed by atoms with van der Waals surface area (Å²) in [5.74, 6) is 0. The number of unbranched alkanes of at least 4 members (excludes halogenated alkanes) is 8. The summed E-state index contributed by atoms with van der Waals surface area (Å²) in [5.41, 5.74) is 2.76. The van der Waals surface area contributed by atoms with Crippen LogP contribution in [-0.4, -0.2) is 26.2 Å². The van der Waals surface area contributed by atoms with Crippen LogP contribution >= 0.6 is 11.8 Å². The van der Waals surface area contributed by atoms with Gasteiger partial charge < -0.3 is 9.80 Å². The second-order valence-corrected chi connectivity index (χ2v) is 11.0. The monoisotopic (exact) mass is 496 g/mol. The van der Waals surface area contributed by atoms with E-state index in [2.05, 4.69) is 86.0 Å². The second kappa shape index (κ2) is 18.6. The zero-order chi connectivity index (χ0) is 25.1. The van der Waals surface area contributed by atoms with Crippen molar-refractivity contribution >= 4 is 23.1 Å². The van der Waals surface area contributed by atoms with Crippen LogP contribution in [0.3, 0.4) is 0 Å². The number of anilines is 2. The molecule has 2 aromatic carbocycles. The Morgan fingerprint density at radius 2 is 0.714 bits per heavy atom. The largest absolute Gasteiger partial charge is 0.372 e. The van der Waals surface area contributed by atoms with Gasteiger partial charge in [-0.1, -0.05) is 90.8 Å². The van der Waals surface area contributed by atoms with Crippen molar-refractivity contribution in [3.8, 4) is 0 Å². The average Bonchev–Trinajstić information content (AvgIpc) is 2.88. The van der Waals surface area contributed by atoms with Crippen LogP contribution in [0.2, 0.25) is 0 Å². The molecule has 196 valence electrons. The number of nitrogens with zero attached hydrogens (tertiary/aromatic N) is 2. The zero-order valence-electron chi connectivity index (χ0n) is 23.2. The molecular weight excluding hydrogens is 444 g/mol. The lowest BCUT2D eigenvalue weighted by molar-refractivity contribution is 0.636. The Bertz CT molecular complexity index is 671. The van der Waals surface area contributed by atoms with Crippen LogP contribution in [-0.2, 0) is 0 Å². The van der Waals surface area contributed by atoms with Crippen LogP contribution in [0.15, 0.2) is 58.3 Å². The molecule has 0 spiro atoms. The van der Waals surface area contributed by atoms with Gasteiger partial charge >= 0.3 is 0 Å². The highest BCUT2D eigenvalue weighted by Crippen LogP contribution is 2.31. The molecule has 0 aliphatic rings. The Hall–Kier alpha value is -1.61. The fourth-order valence-electron chi connectivity index (χ4n) is 4.54. The molecule has 0 amide bonds. The van der Waals surface area contributed by atoms with Crippen molar-refractivity contribution in [2.75, 3.05) is 36.0 Å². The first-order chi connectivity index (χ1) is 17.2. The van der Waals surface area contributed by atoms with Crippen LogP contribution in [0.4, 0.5) is 11.4 Å². The normalized spacial score (nSPS) is 11.1. The molecule has 0 unspecified atom stereocenters. The van der Waals surface area contributed by atoms with Crippen molar-refractivity contribution in [2.24, 2.45) is 0 Å². The highest BCUT2D eigenvalue weighted by Gasteiger charge is 2.09. The SMILES string of the molecule is CCCCCN(CCCCC)c1ccc(Sc2ccc(N(CCCCC)CCCCC)cc2)cc1. The summed E-state index contributed by atoms with van der Waals surface area (Å²) < 4.78 is 0. The van der Waals surface area contributed by atoms with E-state index in [0.717, 1.165) is 0 Å². The van der Waals surface area contributed by atoms with Gasteiger partial charge in [0, 0.05) is 47.3 Å². The highest BCUT2D eigenvalue weighted by molar-refractivity contribution is 7.99. The maximum atomic E-state index is 2.60. The summed E-state index contributed by atoms with van der Waals surface area (Å²) in [6, 6.07) is 18.6. The molecule has 0 atom stereocenters. The summed E-state index contributed by atoms with van der Waals surface area (Å²) in [5, 5.41) is 0. The van der Waals surface area contributed by atoms with Crippen molar-refractivity contribution in [3.63, 3.8) is 0 Å². The maximum absolute atomic E-state index is 2.60. The smallest absolute Gasteiger partial charge is 0.0366 e. The van der Waals surface area contributed by atoms with Gasteiger partial charge in [-0.05, 0) is 74.2 Å². The first kappa shape index (κ1) is 29.6. The minimum Gasteiger partial charge on any atom is -0.372 e. The lowest BCUT2D eigenvalue weighted by Crippen LogP contribution is -2.25. The molecule has 0 aliphatic heterocycles. The molecule has 3 heteroatoms. The molecule has 2 nitrogen and oxygen atoms in total. The summed E-state index contributed by atoms with van der Waals surface area (Å²) in [7, 11) is 0. The van der Waals surface area contributed by atoms with E-state index in [-0.39, 0.29) is 0 Å². The first-order valence-corrected chi connectivity index (χ1v) is 15.4. The number of hydrogen-bond donors (Lipinski definition) is 0. The van der Waals surface area contributed by atoms with E-state index < -0.39 is 0 Å². The van der Waals surface area contributed by atoms with E-state index in [1.807, 2.05) is 11.8 Å². The van der Waals surface area contributed by atoms with Gasteiger partial charge in [0.05, 0.1) is 0 Å². The van der Waals surface area contributed by atoms with Crippen molar-refractivity contribution in [1.29, 1.82) is 0 Å². The Balaban J connectivity index is 1.98.